The van der Waals surface area contributed by atoms with Gasteiger partial charge in [0.2, 0.25) is 0 Å². The van der Waals surface area contributed by atoms with Gasteiger partial charge in [0.15, 0.2) is 0 Å². The Kier molecular flexibility index (Phi) is 5.48. The van der Waals surface area contributed by atoms with Gasteiger partial charge in [0.1, 0.15) is 0 Å². The number of anilines is 2. The summed E-state index contributed by atoms with van der Waals surface area (Å²) < 4.78 is 0. The van der Waals surface area contributed by atoms with Crippen LogP contribution in [0, 0.1) is 5.41 Å². The summed E-state index contributed by atoms with van der Waals surface area (Å²) in [5.74, 6) is 0. The molecule has 1 nitrogen and oxygen atoms in total. The third-order valence-corrected chi connectivity index (χ3v) is 8.67. The summed E-state index contributed by atoms with van der Waals surface area (Å²) in [7, 11) is 0. The van der Waals surface area contributed by atoms with Gasteiger partial charge in [0.25, 0.3) is 0 Å². The maximum absolute atomic E-state index is 3.67. The normalized spacial score (nSPS) is 17.9. The van der Waals surface area contributed by atoms with E-state index < -0.39 is 0 Å². The lowest BCUT2D eigenvalue weighted by Gasteiger charge is -2.27. The molecular weight excluding hydrogens is 458 g/mol. The van der Waals surface area contributed by atoms with Gasteiger partial charge in [-0.25, -0.2) is 0 Å². The van der Waals surface area contributed by atoms with Crippen LogP contribution in [0.4, 0.5) is 11.4 Å². The van der Waals surface area contributed by atoms with E-state index in [9.17, 15) is 0 Å². The SMILES string of the molecule is CC1(C)C2=C(CCC=C2)C2=C1C=C(c1ccc3cc(Nc4ccccc4-c4ccccc4)ccc3c1)CC2. The van der Waals surface area contributed by atoms with E-state index in [4.69, 9.17) is 0 Å². The van der Waals surface area contributed by atoms with Crippen molar-refractivity contribution in [2.24, 2.45) is 5.41 Å². The molecule has 4 aromatic rings. The molecule has 0 heterocycles. The molecule has 0 saturated heterocycles. The van der Waals surface area contributed by atoms with Crippen LogP contribution in [0.2, 0.25) is 0 Å². The highest BCUT2D eigenvalue weighted by Gasteiger charge is 2.39. The molecule has 0 radical (unpaired) electrons. The van der Waals surface area contributed by atoms with E-state index in [1.54, 1.807) is 22.3 Å². The minimum atomic E-state index is 0.112. The summed E-state index contributed by atoms with van der Waals surface area (Å²) in [6.07, 6.45) is 11.9. The van der Waals surface area contributed by atoms with Crippen LogP contribution in [0.15, 0.2) is 132 Å². The smallest absolute Gasteiger partial charge is 0.0463 e. The Bertz CT molecular complexity index is 1690. The summed E-state index contributed by atoms with van der Waals surface area (Å²) >= 11 is 0. The minimum absolute atomic E-state index is 0.112. The molecule has 0 atom stereocenters. The Labute approximate surface area is 225 Å². The largest absolute Gasteiger partial charge is 0.355 e. The second kappa shape index (κ2) is 9.03. The Morgan fingerprint density at radius 3 is 2.32 bits per heavy atom. The van der Waals surface area contributed by atoms with Crippen molar-refractivity contribution in [2.75, 3.05) is 5.32 Å². The quantitative estimate of drug-likeness (QED) is 0.299. The molecule has 0 aliphatic heterocycles. The van der Waals surface area contributed by atoms with E-state index in [1.165, 1.54) is 52.3 Å². The van der Waals surface area contributed by atoms with Crippen molar-refractivity contribution >= 4 is 27.7 Å². The van der Waals surface area contributed by atoms with E-state index >= 15 is 0 Å². The monoisotopic (exact) mass is 491 g/mol. The van der Waals surface area contributed by atoms with Crippen LogP contribution in [0.3, 0.4) is 0 Å². The molecule has 1 N–H and O–H groups in total. The van der Waals surface area contributed by atoms with E-state index in [0.29, 0.717) is 0 Å². The number of rotatable bonds is 4. The standard InChI is InChI=1S/C37H33N/c1-37(2)34-14-8-6-13-32(34)33-21-19-29(24-35(33)37)26-16-17-28-23-30(20-18-27(28)22-26)38-36-15-9-7-12-31(36)25-10-4-3-5-11-25/h3-5,7-12,14-18,20,22-24,38H,6,13,19,21H2,1-2H3. The number of benzene rings is 4. The number of allylic oxidation sites excluding steroid dienone is 8. The van der Waals surface area contributed by atoms with Crippen molar-refractivity contribution in [1.29, 1.82) is 0 Å². The van der Waals surface area contributed by atoms with Crippen LogP contribution >= 0.6 is 0 Å². The molecule has 0 fully saturated rings. The van der Waals surface area contributed by atoms with Gasteiger partial charge in [0.05, 0.1) is 0 Å². The third-order valence-electron chi connectivity index (χ3n) is 8.67. The van der Waals surface area contributed by atoms with Crippen LogP contribution in [-0.4, -0.2) is 0 Å². The average molecular weight is 492 g/mol. The second-order valence-electron chi connectivity index (χ2n) is 11.3. The van der Waals surface area contributed by atoms with Gasteiger partial charge >= 0.3 is 0 Å². The van der Waals surface area contributed by atoms with Gasteiger partial charge in [-0.1, -0.05) is 98.8 Å². The average Bonchev–Trinajstić information content (AvgIpc) is 3.20. The van der Waals surface area contributed by atoms with E-state index in [0.717, 1.165) is 17.8 Å². The van der Waals surface area contributed by atoms with Crippen LogP contribution in [0.5, 0.6) is 0 Å². The Morgan fingerprint density at radius 2 is 1.42 bits per heavy atom. The zero-order valence-corrected chi connectivity index (χ0v) is 22.2. The van der Waals surface area contributed by atoms with Crippen LogP contribution < -0.4 is 5.32 Å². The molecule has 0 saturated carbocycles. The number of para-hydroxylation sites is 1. The first-order chi connectivity index (χ1) is 18.6. The molecule has 38 heavy (non-hydrogen) atoms. The first-order valence-corrected chi connectivity index (χ1v) is 13.9. The fourth-order valence-corrected chi connectivity index (χ4v) is 6.68. The van der Waals surface area contributed by atoms with Gasteiger partial charge < -0.3 is 5.32 Å². The maximum Gasteiger partial charge on any atom is 0.0463 e. The van der Waals surface area contributed by atoms with E-state index in [-0.39, 0.29) is 5.41 Å². The van der Waals surface area contributed by atoms with Crippen molar-refractivity contribution in [3.05, 3.63) is 137 Å². The number of hydrogen-bond acceptors (Lipinski definition) is 1. The van der Waals surface area contributed by atoms with Gasteiger partial charge in [-0.05, 0) is 99.7 Å². The number of hydrogen-bond donors (Lipinski definition) is 1. The zero-order chi connectivity index (χ0) is 25.7. The number of fused-ring (bicyclic) bond motifs is 2. The fraction of sp³-hybridized carbons (Fsp3) is 0.189. The van der Waals surface area contributed by atoms with Gasteiger partial charge in [-0.3, -0.25) is 0 Å². The first-order valence-electron chi connectivity index (χ1n) is 13.9. The first kappa shape index (κ1) is 23.0. The lowest BCUT2D eigenvalue weighted by atomic mass is 9.76. The molecule has 0 amide bonds. The van der Waals surface area contributed by atoms with Crippen LogP contribution in [0.25, 0.3) is 27.5 Å². The van der Waals surface area contributed by atoms with Crippen LogP contribution in [-0.2, 0) is 0 Å². The highest BCUT2D eigenvalue weighted by Crippen LogP contribution is 2.54. The molecule has 186 valence electrons. The van der Waals surface area contributed by atoms with Crippen molar-refractivity contribution in [2.45, 2.75) is 39.5 Å². The summed E-state index contributed by atoms with van der Waals surface area (Å²) in [6.45, 7) is 4.81. The van der Waals surface area contributed by atoms with Crippen molar-refractivity contribution in [3.8, 4) is 11.1 Å². The van der Waals surface area contributed by atoms with Crippen molar-refractivity contribution in [3.63, 3.8) is 0 Å². The summed E-state index contributed by atoms with van der Waals surface area (Å²) in [5, 5.41) is 6.22. The minimum Gasteiger partial charge on any atom is -0.355 e. The highest BCUT2D eigenvalue weighted by molar-refractivity contribution is 5.91. The lowest BCUT2D eigenvalue weighted by Crippen LogP contribution is -2.14. The van der Waals surface area contributed by atoms with E-state index in [1.807, 2.05) is 0 Å². The molecule has 3 aliphatic carbocycles. The summed E-state index contributed by atoms with van der Waals surface area (Å²) in [4.78, 5) is 0. The molecule has 0 spiro atoms. The predicted molar refractivity (Wildman–Crippen MR) is 163 cm³/mol. The molecule has 4 aromatic carbocycles. The molecule has 3 aliphatic rings. The summed E-state index contributed by atoms with van der Waals surface area (Å²) in [5.41, 5.74) is 14.0. The molecule has 0 aromatic heterocycles. The van der Waals surface area contributed by atoms with Gasteiger partial charge in [0, 0.05) is 22.4 Å². The number of nitrogens with one attached hydrogen (secondary N) is 1. The lowest BCUT2D eigenvalue weighted by molar-refractivity contribution is 0.569. The molecule has 0 bridgehead atoms. The predicted octanol–water partition coefficient (Wildman–Crippen LogP) is 10.4. The maximum atomic E-state index is 3.67. The van der Waals surface area contributed by atoms with Gasteiger partial charge in [-0.2, -0.15) is 0 Å². The Hall–Kier alpha value is -4.10. The zero-order valence-electron chi connectivity index (χ0n) is 22.2. The Morgan fingerprint density at radius 1 is 0.658 bits per heavy atom. The second-order valence-corrected chi connectivity index (χ2v) is 11.3. The molecule has 0 unspecified atom stereocenters. The molecule has 7 rings (SSSR count). The summed E-state index contributed by atoms with van der Waals surface area (Å²) in [6, 6.07) is 32.8. The molecule has 1 heteroatoms. The van der Waals surface area contributed by atoms with Crippen molar-refractivity contribution in [1.82, 2.24) is 0 Å². The fourth-order valence-electron chi connectivity index (χ4n) is 6.68. The van der Waals surface area contributed by atoms with Crippen molar-refractivity contribution < 1.29 is 0 Å². The highest BCUT2D eigenvalue weighted by atomic mass is 14.9. The third kappa shape index (κ3) is 3.85. The Balaban J connectivity index is 1.18. The molecular formula is C37H33N. The van der Waals surface area contributed by atoms with Crippen LogP contribution in [0.1, 0.15) is 45.1 Å². The topological polar surface area (TPSA) is 12.0 Å². The van der Waals surface area contributed by atoms with E-state index in [2.05, 4.69) is 128 Å². The van der Waals surface area contributed by atoms with Gasteiger partial charge in [-0.15, -0.1) is 0 Å².